The van der Waals surface area contributed by atoms with E-state index in [1.54, 1.807) is 27.7 Å². The number of alkyl halides is 3. The van der Waals surface area contributed by atoms with Crippen molar-refractivity contribution < 1.29 is 27.4 Å². The molecule has 1 N–H and O–H groups in total. The Kier molecular flexibility index (Phi) is 6.52. The molecule has 1 fully saturated rings. The first kappa shape index (κ1) is 24.0. The van der Waals surface area contributed by atoms with Crippen molar-refractivity contribution in [3.05, 3.63) is 31.3 Å². The molecule has 0 spiro atoms. The lowest BCUT2D eigenvalue weighted by molar-refractivity contribution is -0.325. The Hall–Kier alpha value is -2.67. The van der Waals surface area contributed by atoms with Crippen molar-refractivity contribution in [1.29, 1.82) is 0 Å². The third-order valence-electron chi connectivity index (χ3n) is 4.51. The standard InChI is InChI=1S/C19H23F3N4O5S/c1-10-12(9-23-24-16(28)31-18(2,3)4)32-15-13(10)14(27)26(11-5-6-11)17(29)25(15)7-8-30-19(20,21)22/h9,11H,5-8H2,1-4H3,(H,24,28)/b23-9+. The Balaban J connectivity index is 1.98. The third kappa shape index (κ3) is 5.57. The van der Waals surface area contributed by atoms with Gasteiger partial charge in [-0.05, 0) is 46.1 Å². The van der Waals surface area contributed by atoms with E-state index in [-0.39, 0.29) is 22.8 Å². The number of amides is 1. The molecule has 0 bridgehead atoms. The molecule has 1 aliphatic carbocycles. The first-order valence-electron chi connectivity index (χ1n) is 9.79. The summed E-state index contributed by atoms with van der Waals surface area (Å²) in [7, 11) is 0. The number of hydrogen-bond acceptors (Lipinski definition) is 7. The van der Waals surface area contributed by atoms with E-state index in [9.17, 15) is 27.6 Å². The molecule has 0 radical (unpaired) electrons. The Bertz CT molecular complexity index is 1170. The fourth-order valence-corrected chi connectivity index (χ4v) is 4.24. The second kappa shape index (κ2) is 8.70. The number of nitrogens with one attached hydrogen (secondary N) is 1. The molecule has 2 aromatic rings. The molecule has 3 rings (SSSR count). The van der Waals surface area contributed by atoms with Crippen molar-refractivity contribution in [1.82, 2.24) is 14.6 Å². The molecule has 0 unspecified atom stereocenters. The topological polar surface area (TPSA) is 104 Å². The Morgan fingerprint density at radius 2 is 1.94 bits per heavy atom. The molecule has 1 amide bonds. The summed E-state index contributed by atoms with van der Waals surface area (Å²) in [6.07, 6.45) is -3.01. The molecule has 176 valence electrons. The van der Waals surface area contributed by atoms with Crippen LogP contribution in [0.15, 0.2) is 14.7 Å². The predicted octanol–water partition coefficient (Wildman–Crippen LogP) is 3.26. The van der Waals surface area contributed by atoms with Crippen LogP contribution in [0.25, 0.3) is 10.2 Å². The Labute approximate surface area is 184 Å². The minimum absolute atomic E-state index is 0.221. The predicted molar refractivity (Wildman–Crippen MR) is 112 cm³/mol. The maximum absolute atomic E-state index is 13.0. The number of aromatic nitrogens is 2. The van der Waals surface area contributed by atoms with Gasteiger partial charge >= 0.3 is 18.1 Å². The molecule has 0 saturated heterocycles. The van der Waals surface area contributed by atoms with Gasteiger partial charge in [0.1, 0.15) is 10.4 Å². The number of carbonyl (C=O) groups is 1. The van der Waals surface area contributed by atoms with Crippen LogP contribution in [0.5, 0.6) is 0 Å². The largest absolute Gasteiger partial charge is 0.522 e. The molecule has 32 heavy (non-hydrogen) atoms. The van der Waals surface area contributed by atoms with E-state index in [4.69, 9.17) is 4.74 Å². The van der Waals surface area contributed by atoms with E-state index >= 15 is 0 Å². The zero-order valence-electron chi connectivity index (χ0n) is 17.9. The molecule has 13 heteroatoms. The highest BCUT2D eigenvalue weighted by Crippen LogP contribution is 2.34. The Morgan fingerprint density at radius 1 is 1.28 bits per heavy atom. The lowest BCUT2D eigenvalue weighted by Gasteiger charge is -2.18. The van der Waals surface area contributed by atoms with E-state index in [0.29, 0.717) is 23.3 Å². The lowest BCUT2D eigenvalue weighted by atomic mass is 10.2. The highest BCUT2D eigenvalue weighted by atomic mass is 32.1. The average molecular weight is 476 g/mol. The van der Waals surface area contributed by atoms with E-state index in [2.05, 4.69) is 15.3 Å². The number of hydrazone groups is 1. The van der Waals surface area contributed by atoms with Crippen LogP contribution in [0.4, 0.5) is 18.0 Å². The van der Waals surface area contributed by atoms with Crippen molar-refractivity contribution in [3.8, 4) is 0 Å². The molecule has 0 atom stereocenters. The third-order valence-corrected chi connectivity index (χ3v) is 5.76. The lowest BCUT2D eigenvalue weighted by Crippen LogP contribution is -2.40. The number of hydrogen-bond donors (Lipinski definition) is 1. The fourth-order valence-electron chi connectivity index (χ4n) is 3.05. The maximum atomic E-state index is 13.0. The first-order chi connectivity index (χ1) is 14.8. The summed E-state index contributed by atoms with van der Waals surface area (Å²) in [5.41, 5.74) is 0.835. The summed E-state index contributed by atoms with van der Waals surface area (Å²) in [6.45, 7) is 5.57. The molecule has 1 saturated carbocycles. The molecule has 9 nitrogen and oxygen atoms in total. The van der Waals surface area contributed by atoms with Crippen LogP contribution >= 0.6 is 11.3 Å². The van der Waals surface area contributed by atoms with Crippen LogP contribution in [0.2, 0.25) is 0 Å². The number of aryl methyl sites for hydroxylation is 1. The van der Waals surface area contributed by atoms with E-state index < -0.39 is 35.9 Å². The number of ether oxygens (including phenoxy) is 2. The van der Waals surface area contributed by atoms with Gasteiger partial charge in [0, 0.05) is 6.04 Å². The van der Waals surface area contributed by atoms with Crippen LogP contribution in [-0.4, -0.2) is 40.0 Å². The summed E-state index contributed by atoms with van der Waals surface area (Å²) >= 11 is 1.01. The van der Waals surface area contributed by atoms with E-state index in [1.807, 2.05) is 0 Å². The quantitative estimate of drug-likeness (QED) is 0.509. The normalized spacial score (nSPS) is 15.0. The molecule has 0 aromatic carbocycles. The van der Waals surface area contributed by atoms with Crippen LogP contribution in [0.3, 0.4) is 0 Å². The minimum Gasteiger partial charge on any atom is -0.443 e. The number of thiophene rings is 1. The van der Waals surface area contributed by atoms with Gasteiger partial charge in [0.25, 0.3) is 5.56 Å². The maximum Gasteiger partial charge on any atom is 0.522 e. The summed E-state index contributed by atoms with van der Waals surface area (Å²) in [5, 5.41) is 4.05. The van der Waals surface area contributed by atoms with Gasteiger partial charge in [0.2, 0.25) is 0 Å². The van der Waals surface area contributed by atoms with Gasteiger partial charge in [0.15, 0.2) is 0 Å². The van der Waals surface area contributed by atoms with Gasteiger partial charge in [-0.15, -0.1) is 24.5 Å². The van der Waals surface area contributed by atoms with Gasteiger partial charge < -0.3 is 4.74 Å². The minimum atomic E-state index is -4.83. The smallest absolute Gasteiger partial charge is 0.443 e. The molecular formula is C19H23F3N4O5S. The van der Waals surface area contributed by atoms with Crippen LogP contribution < -0.4 is 16.7 Å². The number of rotatable bonds is 6. The van der Waals surface area contributed by atoms with Crippen molar-refractivity contribution in [2.45, 2.75) is 65.1 Å². The number of nitrogens with zero attached hydrogens (tertiary/aromatic N) is 3. The highest BCUT2D eigenvalue weighted by Gasteiger charge is 2.32. The van der Waals surface area contributed by atoms with Gasteiger partial charge in [-0.3, -0.25) is 18.7 Å². The fraction of sp³-hybridized carbons (Fsp3) is 0.579. The number of carbonyl (C=O) groups excluding carboxylic acids is 1. The number of fused-ring (bicyclic) bond motifs is 1. The summed E-state index contributed by atoms with van der Waals surface area (Å²) in [5.74, 6) is 0. The highest BCUT2D eigenvalue weighted by molar-refractivity contribution is 7.20. The van der Waals surface area contributed by atoms with Crippen molar-refractivity contribution in [2.24, 2.45) is 5.10 Å². The second-order valence-electron chi connectivity index (χ2n) is 8.28. The summed E-state index contributed by atoms with van der Waals surface area (Å²) < 4.78 is 48.3. The zero-order chi connectivity index (χ0) is 23.8. The zero-order valence-corrected chi connectivity index (χ0v) is 18.7. The van der Waals surface area contributed by atoms with Crippen molar-refractivity contribution in [2.75, 3.05) is 6.61 Å². The van der Waals surface area contributed by atoms with Gasteiger partial charge in [-0.1, -0.05) is 0 Å². The molecule has 0 aliphatic heterocycles. The molecule has 2 heterocycles. The molecule has 2 aromatic heterocycles. The molecular weight excluding hydrogens is 453 g/mol. The van der Waals surface area contributed by atoms with E-state index in [0.717, 1.165) is 20.5 Å². The van der Waals surface area contributed by atoms with Gasteiger partial charge in [-0.2, -0.15) is 5.10 Å². The van der Waals surface area contributed by atoms with Crippen LogP contribution in [0, 0.1) is 6.92 Å². The SMILES string of the molecule is Cc1c(/C=N/NC(=O)OC(C)(C)C)sc2c1c(=O)n(C1CC1)c(=O)n2CCOC(F)(F)F. The number of halogens is 3. The monoisotopic (exact) mass is 476 g/mol. The van der Waals surface area contributed by atoms with Crippen molar-refractivity contribution in [3.63, 3.8) is 0 Å². The Morgan fingerprint density at radius 3 is 2.50 bits per heavy atom. The van der Waals surface area contributed by atoms with Crippen LogP contribution in [-0.2, 0) is 16.0 Å². The summed E-state index contributed by atoms with van der Waals surface area (Å²) in [4.78, 5) is 38.3. The van der Waals surface area contributed by atoms with Crippen LogP contribution in [0.1, 0.15) is 50.1 Å². The van der Waals surface area contributed by atoms with E-state index in [1.165, 1.54) is 6.21 Å². The average Bonchev–Trinajstić information content (AvgIpc) is 3.40. The molecule has 1 aliphatic rings. The van der Waals surface area contributed by atoms with Gasteiger partial charge in [0.05, 0.1) is 29.6 Å². The second-order valence-corrected chi connectivity index (χ2v) is 9.31. The van der Waals surface area contributed by atoms with Gasteiger partial charge in [-0.25, -0.2) is 15.0 Å². The first-order valence-corrected chi connectivity index (χ1v) is 10.6. The summed E-state index contributed by atoms with van der Waals surface area (Å²) in [6, 6.07) is -0.264. The van der Waals surface area contributed by atoms with Crippen molar-refractivity contribution >= 4 is 33.9 Å².